The quantitative estimate of drug-likeness (QED) is 0.696. The summed E-state index contributed by atoms with van der Waals surface area (Å²) in [5.74, 6) is 2.28. The van der Waals surface area contributed by atoms with Crippen LogP contribution < -0.4 is 0 Å². The van der Waals surface area contributed by atoms with Crippen LogP contribution in [0.2, 0.25) is 0 Å². The second kappa shape index (κ2) is 10.1. The van der Waals surface area contributed by atoms with Crippen LogP contribution in [0.25, 0.3) is 0 Å². The Morgan fingerprint density at radius 2 is 1.89 bits per heavy atom. The lowest BCUT2D eigenvalue weighted by molar-refractivity contribution is -0.0288. The number of nitrogens with zero attached hydrogens (tertiary/aromatic N) is 5. The molecule has 8 nitrogen and oxygen atoms in total. The van der Waals surface area contributed by atoms with Gasteiger partial charge in [-0.2, -0.15) is 0 Å². The molecule has 3 aliphatic rings. The molecule has 0 radical (unpaired) electrons. The van der Waals surface area contributed by atoms with Gasteiger partial charge in [0.15, 0.2) is 0 Å². The summed E-state index contributed by atoms with van der Waals surface area (Å²) in [6, 6.07) is 0. The number of piperazine rings is 1. The number of β-amino-alcohol motifs (C(OH)–C–C–N with tert-alkyl or cyclic N) is 1. The van der Waals surface area contributed by atoms with E-state index in [1.54, 1.807) is 0 Å². The molecule has 28 heavy (non-hydrogen) atoms. The molecule has 1 aromatic rings. The zero-order valence-corrected chi connectivity index (χ0v) is 17.0. The van der Waals surface area contributed by atoms with Gasteiger partial charge in [0.1, 0.15) is 11.6 Å². The van der Waals surface area contributed by atoms with E-state index in [0.717, 1.165) is 76.8 Å². The summed E-state index contributed by atoms with van der Waals surface area (Å²) in [4.78, 5) is 4.79. The van der Waals surface area contributed by atoms with Crippen molar-refractivity contribution in [2.75, 3.05) is 52.5 Å². The van der Waals surface area contributed by atoms with E-state index >= 15 is 0 Å². The van der Waals surface area contributed by atoms with Crippen molar-refractivity contribution in [1.82, 2.24) is 24.6 Å². The highest BCUT2D eigenvalue weighted by Crippen LogP contribution is 2.16. The number of aromatic nitrogens is 3. The largest absolute Gasteiger partial charge is 0.389 e. The Balaban J connectivity index is 1.15. The Morgan fingerprint density at radius 1 is 1.04 bits per heavy atom. The highest BCUT2D eigenvalue weighted by molar-refractivity contribution is 4.98. The van der Waals surface area contributed by atoms with Gasteiger partial charge in [0.2, 0.25) is 0 Å². The zero-order valence-electron chi connectivity index (χ0n) is 17.0. The molecular weight excluding hydrogens is 358 g/mol. The number of ether oxygens (including phenoxy) is 2. The molecule has 4 heterocycles. The molecule has 2 fully saturated rings. The molecule has 0 aromatic carbocycles. The number of fused-ring (bicyclic) bond motifs is 1. The van der Waals surface area contributed by atoms with Crippen molar-refractivity contribution < 1.29 is 14.6 Å². The summed E-state index contributed by atoms with van der Waals surface area (Å²) in [6.07, 6.45) is 6.82. The third-order valence-corrected chi connectivity index (χ3v) is 6.12. The van der Waals surface area contributed by atoms with Crippen molar-refractivity contribution in [2.24, 2.45) is 0 Å². The predicted molar refractivity (Wildman–Crippen MR) is 105 cm³/mol. The smallest absolute Gasteiger partial charge is 0.147 e. The van der Waals surface area contributed by atoms with Gasteiger partial charge in [-0.15, -0.1) is 10.2 Å². The van der Waals surface area contributed by atoms with Gasteiger partial charge in [0, 0.05) is 52.3 Å². The standard InChI is InChI=1S/C20H35N5O3/c26-17(15-27-16-18-5-4-12-28-18)13-23-8-10-24(11-9-23)14-20-22-21-19-6-2-1-3-7-25(19)20/h17-18,26H,1-16H2/t17-,18-/m1/s1. The Kier molecular flexibility index (Phi) is 7.31. The highest BCUT2D eigenvalue weighted by atomic mass is 16.5. The number of aryl methyl sites for hydroxylation is 1. The SMILES string of the molecule is O[C@@H](COC[C@H]1CCCO1)CN1CCN(Cc2nnc3n2CCCCC3)CC1. The first-order valence-corrected chi connectivity index (χ1v) is 11.0. The van der Waals surface area contributed by atoms with Crippen LogP contribution in [0.5, 0.6) is 0 Å². The van der Waals surface area contributed by atoms with Crippen molar-refractivity contribution in [3.05, 3.63) is 11.6 Å². The van der Waals surface area contributed by atoms with Crippen LogP contribution >= 0.6 is 0 Å². The van der Waals surface area contributed by atoms with Gasteiger partial charge in [0.05, 0.1) is 32.0 Å². The summed E-state index contributed by atoms with van der Waals surface area (Å²) < 4.78 is 13.5. The first-order valence-electron chi connectivity index (χ1n) is 11.0. The van der Waals surface area contributed by atoms with Crippen molar-refractivity contribution in [3.8, 4) is 0 Å². The van der Waals surface area contributed by atoms with Crippen molar-refractivity contribution in [2.45, 2.75) is 63.8 Å². The van der Waals surface area contributed by atoms with Crippen LogP contribution in [0.3, 0.4) is 0 Å². The first-order chi connectivity index (χ1) is 13.8. The minimum Gasteiger partial charge on any atom is -0.389 e. The number of hydrogen-bond acceptors (Lipinski definition) is 7. The third-order valence-electron chi connectivity index (χ3n) is 6.12. The molecule has 2 atom stereocenters. The number of rotatable bonds is 8. The van der Waals surface area contributed by atoms with E-state index in [-0.39, 0.29) is 6.10 Å². The van der Waals surface area contributed by atoms with E-state index in [2.05, 4.69) is 24.6 Å². The average Bonchev–Trinajstić information content (AvgIpc) is 3.28. The molecule has 0 aliphatic carbocycles. The fourth-order valence-electron chi connectivity index (χ4n) is 4.45. The van der Waals surface area contributed by atoms with E-state index in [9.17, 15) is 5.11 Å². The molecule has 0 saturated carbocycles. The second-order valence-corrected chi connectivity index (χ2v) is 8.40. The van der Waals surface area contributed by atoms with Crippen LogP contribution in [0, 0.1) is 0 Å². The normalized spacial score (nSPS) is 25.5. The maximum absolute atomic E-state index is 10.3. The van der Waals surface area contributed by atoms with Crippen LogP contribution in [-0.4, -0.2) is 94.4 Å². The van der Waals surface area contributed by atoms with E-state index in [0.29, 0.717) is 19.8 Å². The second-order valence-electron chi connectivity index (χ2n) is 8.40. The molecule has 1 N–H and O–H groups in total. The van der Waals surface area contributed by atoms with Crippen LogP contribution in [0.4, 0.5) is 0 Å². The maximum Gasteiger partial charge on any atom is 0.147 e. The first kappa shape index (κ1) is 20.2. The lowest BCUT2D eigenvalue weighted by atomic mass is 10.2. The third kappa shape index (κ3) is 5.51. The van der Waals surface area contributed by atoms with E-state index in [1.807, 2.05) is 0 Å². The fourth-order valence-corrected chi connectivity index (χ4v) is 4.45. The molecule has 1 aromatic heterocycles. The van der Waals surface area contributed by atoms with E-state index in [4.69, 9.17) is 9.47 Å². The predicted octanol–water partition coefficient (Wildman–Crippen LogP) is 0.679. The monoisotopic (exact) mass is 393 g/mol. The van der Waals surface area contributed by atoms with E-state index < -0.39 is 6.10 Å². The van der Waals surface area contributed by atoms with Crippen LogP contribution in [-0.2, 0) is 29.0 Å². The van der Waals surface area contributed by atoms with Gasteiger partial charge < -0.3 is 19.1 Å². The van der Waals surface area contributed by atoms with Crippen LogP contribution in [0.1, 0.15) is 43.8 Å². The van der Waals surface area contributed by atoms with E-state index in [1.165, 1.54) is 19.3 Å². The van der Waals surface area contributed by atoms with Gasteiger partial charge in [-0.3, -0.25) is 9.80 Å². The molecule has 4 rings (SSSR count). The zero-order chi connectivity index (χ0) is 19.2. The Morgan fingerprint density at radius 3 is 2.71 bits per heavy atom. The number of hydrogen-bond donors (Lipinski definition) is 1. The molecule has 0 spiro atoms. The average molecular weight is 394 g/mol. The highest BCUT2D eigenvalue weighted by Gasteiger charge is 2.23. The van der Waals surface area contributed by atoms with Crippen molar-refractivity contribution >= 4 is 0 Å². The summed E-state index contributed by atoms with van der Waals surface area (Å²) in [7, 11) is 0. The molecule has 3 aliphatic heterocycles. The summed E-state index contributed by atoms with van der Waals surface area (Å²) in [6.45, 7) is 8.44. The molecule has 8 heteroatoms. The van der Waals surface area contributed by atoms with Crippen molar-refractivity contribution in [1.29, 1.82) is 0 Å². The Bertz CT molecular complexity index is 597. The Labute approximate surface area is 167 Å². The van der Waals surface area contributed by atoms with Gasteiger partial charge in [-0.05, 0) is 25.7 Å². The van der Waals surface area contributed by atoms with Gasteiger partial charge in [-0.25, -0.2) is 0 Å². The number of aliphatic hydroxyl groups excluding tert-OH is 1. The molecule has 2 saturated heterocycles. The molecule has 0 amide bonds. The van der Waals surface area contributed by atoms with Crippen LogP contribution in [0.15, 0.2) is 0 Å². The molecule has 0 unspecified atom stereocenters. The van der Waals surface area contributed by atoms with Gasteiger partial charge in [-0.1, -0.05) is 6.42 Å². The molecule has 158 valence electrons. The minimum atomic E-state index is -0.430. The lowest BCUT2D eigenvalue weighted by Gasteiger charge is -2.35. The topological polar surface area (TPSA) is 75.9 Å². The minimum absolute atomic E-state index is 0.225. The van der Waals surface area contributed by atoms with Gasteiger partial charge in [0.25, 0.3) is 0 Å². The van der Waals surface area contributed by atoms with Gasteiger partial charge >= 0.3 is 0 Å². The summed E-state index contributed by atoms with van der Waals surface area (Å²) in [5, 5.41) is 19.1. The molecular formula is C20H35N5O3. The maximum atomic E-state index is 10.3. The summed E-state index contributed by atoms with van der Waals surface area (Å²) >= 11 is 0. The fraction of sp³-hybridized carbons (Fsp3) is 0.900. The number of aliphatic hydroxyl groups is 1. The summed E-state index contributed by atoms with van der Waals surface area (Å²) in [5.41, 5.74) is 0. The lowest BCUT2D eigenvalue weighted by Crippen LogP contribution is -2.49. The molecule has 0 bridgehead atoms. The van der Waals surface area contributed by atoms with Crippen molar-refractivity contribution in [3.63, 3.8) is 0 Å². The Hall–Kier alpha value is -1.06.